The van der Waals surface area contributed by atoms with Gasteiger partial charge in [0, 0.05) is 24.9 Å². The Kier molecular flexibility index (Phi) is 9.03. The van der Waals surface area contributed by atoms with E-state index in [1.165, 1.54) is 25.0 Å². The fourth-order valence-corrected chi connectivity index (χ4v) is 1.85. The molecule has 0 aliphatic rings. The topological polar surface area (TPSA) is 29.3 Å². The van der Waals surface area contributed by atoms with Crippen molar-refractivity contribution in [3.8, 4) is 0 Å². The van der Waals surface area contributed by atoms with Gasteiger partial charge in [0.05, 0.1) is 0 Å². The summed E-state index contributed by atoms with van der Waals surface area (Å²) in [6, 6.07) is 0.590. The maximum Gasteiger partial charge on any atom is 0.0215 e. The van der Waals surface area contributed by atoms with Crippen LogP contribution in [0.25, 0.3) is 0 Å². The van der Waals surface area contributed by atoms with Gasteiger partial charge in [0.15, 0.2) is 0 Å². The molecular formula is C10H24N2S. The molecule has 2 nitrogen and oxygen atoms in total. The molecule has 0 bridgehead atoms. The van der Waals surface area contributed by atoms with Crippen LogP contribution in [0.2, 0.25) is 0 Å². The highest BCUT2D eigenvalue weighted by Gasteiger charge is 2.11. The van der Waals surface area contributed by atoms with Gasteiger partial charge in [-0.15, -0.1) is 0 Å². The molecule has 0 aromatic carbocycles. The first kappa shape index (κ1) is 13.3. The molecule has 0 spiro atoms. The average Bonchev–Trinajstić information content (AvgIpc) is 2.16. The Morgan fingerprint density at radius 3 is 2.62 bits per heavy atom. The summed E-state index contributed by atoms with van der Waals surface area (Å²) in [7, 11) is 2.18. The smallest absolute Gasteiger partial charge is 0.0215 e. The summed E-state index contributed by atoms with van der Waals surface area (Å²) in [5.41, 5.74) is 5.74. The van der Waals surface area contributed by atoms with Crippen molar-refractivity contribution in [3.05, 3.63) is 0 Å². The predicted octanol–water partition coefficient (Wildman–Crippen LogP) is 1.80. The van der Waals surface area contributed by atoms with Crippen LogP contribution in [0, 0.1) is 0 Å². The minimum absolute atomic E-state index is 0.590. The van der Waals surface area contributed by atoms with E-state index < -0.39 is 0 Å². The van der Waals surface area contributed by atoms with E-state index in [9.17, 15) is 0 Å². The van der Waals surface area contributed by atoms with Crippen LogP contribution in [0.5, 0.6) is 0 Å². The zero-order valence-electron chi connectivity index (χ0n) is 9.25. The van der Waals surface area contributed by atoms with E-state index in [1.807, 2.05) is 11.8 Å². The summed E-state index contributed by atoms with van der Waals surface area (Å²) in [5, 5.41) is 0. The lowest BCUT2D eigenvalue weighted by Crippen LogP contribution is -2.39. The molecule has 13 heavy (non-hydrogen) atoms. The number of nitrogens with zero attached hydrogens (tertiary/aromatic N) is 1. The summed E-state index contributed by atoms with van der Waals surface area (Å²) in [6.07, 6.45) is 5.97. The highest BCUT2D eigenvalue weighted by Crippen LogP contribution is 2.06. The molecule has 0 heterocycles. The SMILES string of the molecule is CCCCC(CN)N(C)CCSC. The molecular weight excluding hydrogens is 180 g/mol. The minimum Gasteiger partial charge on any atom is -0.329 e. The van der Waals surface area contributed by atoms with E-state index in [0.717, 1.165) is 13.1 Å². The first-order valence-electron chi connectivity index (χ1n) is 5.15. The zero-order chi connectivity index (χ0) is 10.1. The Morgan fingerprint density at radius 1 is 1.46 bits per heavy atom. The highest BCUT2D eigenvalue weighted by atomic mass is 32.2. The zero-order valence-corrected chi connectivity index (χ0v) is 10.1. The maximum absolute atomic E-state index is 5.74. The average molecular weight is 204 g/mol. The first-order chi connectivity index (χ1) is 6.26. The molecule has 0 amide bonds. The number of rotatable bonds is 8. The van der Waals surface area contributed by atoms with Crippen LogP contribution >= 0.6 is 11.8 Å². The van der Waals surface area contributed by atoms with Gasteiger partial charge in [-0.1, -0.05) is 19.8 Å². The molecule has 3 heteroatoms. The van der Waals surface area contributed by atoms with Crippen LogP contribution in [-0.2, 0) is 0 Å². The highest BCUT2D eigenvalue weighted by molar-refractivity contribution is 7.98. The van der Waals surface area contributed by atoms with Crippen molar-refractivity contribution in [1.82, 2.24) is 4.90 Å². The lowest BCUT2D eigenvalue weighted by atomic mass is 10.1. The van der Waals surface area contributed by atoms with E-state index >= 15 is 0 Å². The summed E-state index contributed by atoms with van der Waals surface area (Å²) in [4.78, 5) is 2.40. The van der Waals surface area contributed by atoms with Crippen LogP contribution in [0.3, 0.4) is 0 Å². The lowest BCUT2D eigenvalue weighted by Gasteiger charge is -2.26. The molecule has 2 N–H and O–H groups in total. The van der Waals surface area contributed by atoms with E-state index in [2.05, 4.69) is 25.1 Å². The molecule has 0 saturated heterocycles. The van der Waals surface area contributed by atoms with Gasteiger partial charge in [0.25, 0.3) is 0 Å². The van der Waals surface area contributed by atoms with Crippen molar-refractivity contribution in [3.63, 3.8) is 0 Å². The van der Waals surface area contributed by atoms with E-state index in [1.54, 1.807) is 0 Å². The molecule has 1 atom stereocenters. The second-order valence-electron chi connectivity index (χ2n) is 3.51. The van der Waals surface area contributed by atoms with Crippen molar-refractivity contribution >= 4 is 11.8 Å². The quantitative estimate of drug-likeness (QED) is 0.654. The number of hydrogen-bond donors (Lipinski definition) is 1. The van der Waals surface area contributed by atoms with Crippen LogP contribution in [0.15, 0.2) is 0 Å². The summed E-state index contributed by atoms with van der Waals surface area (Å²) in [6.45, 7) is 4.19. The van der Waals surface area contributed by atoms with E-state index in [4.69, 9.17) is 5.73 Å². The van der Waals surface area contributed by atoms with Crippen LogP contribution < -0.4 is 5.73 Å². The molecule has 0 saturated carbocycles. The summed E-state index contributed by atoms with van der Waals surface area (Å²) in [5.74, 6) is 1.21. The second-order valence-corrected chi connectivity index (χ2v) is 4.49. The molecule has 0 aliphatic heterocycles. The van der Waals surface area contributed by atoms with Gasteiger partial charge in [-0.25, -0.2) is 0 Å². The standard InChI is InChI=1S/C10H24N2S/c1-4-5-6-10(9-11)12(2)7-8-13-3/h10H,4-9,11H2,1-3H3. The van der Waals surface area contributed by atoms with Crippen LogP contribution in [0.1, 0.15) is 26.2 Å². The molecule has 0 fully saturated rings. The van der Waals surface area contributed by atoms with Gasteiger partial charge in [-0.05, 0) is 19.7 Å². The van der Waals surface area contributed by atoms with Gasteiger partial charge < -0.3 is 10.6 Å². The third kappa shape index (κ3) is 6.36. The first-order valence-corrected chi connectivity index (χ1v) is 6.54. The van der Waals surface area contributed by atoms with Gasteiger partial charge in [0.2, 0.25) is 0 Å². The summed E-state index contributed by atoms with van der Waals surface area (Å²) < 4.78 is 0. The number of hydrogen-bond acceptors (Lipinski definition) is 3. The monoisotopic (exact) mass is 204 g/mol. The van der Waals surface area contributed by atoms with Crippen molar-refractivity contribution in [2.45, 2.75) is 32.2 Å². The fourth-order valence-electron chi connectivity index (χ4n) is 1.38. The van der Waals surface area contributed by atoms with E-state index in [-0.39, 0.29) is 0 Å². The third-order valence-corrected chi connectivity index (χ3v) is 3.03. The van der Waals surface area contributed by atoms with Crippen molar-refractivity contribution < 1.29 is 0 Å². The fraction of sp³-hybridized carbons (Fsp3) is 1.00. The second kappa shape index (κ2) is 8.85. The van der Waals surface area contributed by atoms with E-state index in [0.29, 0.717) is 6.04 Å². The maximum atomic E-state index is 5.74. The molecule has 0 rings (SSSR count). The Hall–Kier alpha value is 0.270. The van der Waals surface area contributed by atoms with Crippen LogP contribution in [0.4, 0.5) is 0 Å². The molecule has 0 aromatic rings. The Balaban J connectivity index is 3.63. The number of nitrogens with two attached hydrogens (primary N) is 1. The minimum atomic E-state index is 0.590. The Morgan fingerprint density at radius 2 is 2.15 bits per heavy atom. The largest absolute Gasteiger partial charge is 0.329 e. The van der Waals surface area contributed by atoms with Crippen molar-refractivity contribution in [1.29, 1.82) is 0 Å². The number of unbranched alkanes of at least 4 members (excludes halogenated alkanes) is 1. The molecule has 1 unspecified atom stereocenters. The third-order valence-electron chi connectivity index (χ3n) is 2.43. The molecule has 0 aliphatic carbocycles. The number of likely N-dealkylation sites (N-methyl/N-ethyl adjacent to an activating group) is 1. The van der Waals surface area contributed by atoms with Gasteiger partial charge in [0.1, 0.15) is 0 Å². The normalized spacial score (nSPS) is 13.6. The van der Waals surface area contributed by atoms with Crippen molar-refractivity contribution in [2.75, 3.05) is 32.1 Å². The predicted molar refractivity (Wildman–Crippen MR) is 63.4 cm³/mol. The molecule has 0 aromatic heterocycles. The Bertz CT molecular complexity index is 109. The lowest BCUT2D eigenvalue weighted by molar-refractivity contribution is 0.245. The summed E-state index contributed by atoms with van der Waals surface area (Å²) >= 11 is 1.90. The van der Waals surface area contributed by atoms with Crippen molar-refractivity contribution in [2.24, 2.45) is 5.73 Å². The number of thioether (sulfide) groups is 1. The van der Waals surface area contributed by atoms with Gasteiger partial charge in [-0.2, -0.15) is 11.8 Å². The van der Waals surface area contributed by atoms with Gasteiger partial charge in [-0.3, -0.25) is 0 Å². The molecule has 80 valence electrons. The Labute approximate surface area is 87.2 Å². The van der Waals surface area contributed by atoms with Gasteiger partial charge >= 0.3 is 0 Å². The molecule has 0 radical (unpaired) electrons. The van der Waals surface area contributed by atoms with Crippen LogP contribution in [-0.4, -0.2) is 43.1 Å².